The minimum atomic E-state index is 0.614. The molecule has 0 spiro atoms. The Morgan fingerprint density at radius 3 is 2.62 bits per heavy atom. The maximum atomic E-state index is 5.33. The standard InChI is InChI=1S/C11H19N5/c1-8-3-9(2)7-16(6-8)11-5-13-4-10(14-11)15-12/h4-5,8-9H,3,6-7,12H2,1-2H3,(H,14,15). The molecule has 0 amide bonds. The van der Waals surface area contributed by atoms with Gasteiger partial charge in [0.1, 0.15) is 5.82 Å². The first kappa shape index (κ1) is 11.1. The van der Waals surface area contributed by atoms with Gasteiger partial charge in [-0.05, 0) is 18.3 Å². The lowest BCUT2D eigenvalue weighted by molar-refractivity contribution is 0.355. The zero-order valence-electron chi connectivity index (χ0n) is 9.85. The van der Waals surface area contributed by atoms with Crippen LogP contribution in [0.3, 0.4) is 0 Å². The van der Waals surface area contributed by atoms with Crippen LogP contribution in [0.1, 0.15) is 20.3 Å². The fourth-order valence-corrected chi connectivity index (χ4v) is 2.43. The first-order valence-corrected chi connectivity index (χ1v) is 5.72. The number of aromatic nitrogens is 2. The summed E-state index contributed by atoms with van der Waals surface area (Å²) >= 11 is 0. The highest BCUT2D eigenvalue weighted by molar-refractivity contribution is 5.43. The average Bonchev–Trinajstić information content (AvgIpc) is 2.28. The maximum Gasteiger partial charge on any atom is 0.160 e. The smallest absolute Gasteiger partial charge is 0.160 e. The Morgan fingerprint density at radius 2 is 2.00 bits per heavy atom. The largest absolute Gasteiger partial charge is 0.355 e. The number of hydrogen-bond acceptors (Lipinski definition) is 5. The molecule has 16 heavy (non-hydrogen) atoms. The highest BCUT2D eigenvalue weighted by atomic mass is 15.3. The van der Waals surface area contributed by atoms with Crippen LogP contribution in [0.15, 0.2) is 12.4 Å². The number of anilines is 2. The van der Waals surface area contributed by atoms with Crippen LogP contribution in [0.25, 0.3) is 0 Å². The quantitative estimate of drug-likeness (QED) is 0.581. The van der Waals surface area contributed by atoms with Gasteiger partial charge >= 0.3 is 0 Å². The molecule has 0 aliphatic carbocycles. The monoisotopic (exact) mass is 221 g/mol. The van der Waals surface area contributed by atoms with Gasteiger partial charge < -0.3 is 10.3 Å². The molecule has 1 fully saturated rings. The average molecular weight is 221 g/mol. The summed E-state index contributed by atoms with van der Waals surface area (Å²) in [7, 11) is 0. The fraction of sp³-hybridized carbons (Fsp3) is 0.636. The van der Waals surface area contributed by atoms with E-state index in [0.717, 1.165) is 18.9 Å². The molecule has 2 heterocycles. The van der Waals surface area contributed by atoms with Crippen LogP contribution in [0.2, 0.25) is 0 Å². The molecule has 88 valence electrons. The van der Waals surface area contributed by atoms with Crippen LogP contribution in [0.4, 0.5) is 11.6 Å². The van der Waals surface area contributed by atoms with E-state index in [-0.39, 0.29) is 0 Å². The number of rotatable bonds is 2. The molecule has 1 aromatic heterocycles. The van der Waals surface area contributed by atoms with Crippen molar-refractivity contribution in [1.29, 1.82) is 0 Å². The van der Waals surface area contributed by atoms with E-state index < -0.39 is 0 Å². The molecular weight excluding hydrogens is 202 g/mol. The van der Waals surface area contributed by atoms with Crippen molar-refractivity contribution in [3.8, 4) is 0 Å². The zero-order chi connectivity index (χ0) is 11.5. The number of nitrogens with zero attached hydrogens (tertiary/aromatic N) is 3. The van der Waals surface area contributed by atoms with Gasteiger partial charge in [-0.3, -0.25) is 4.98 Å². The van der Waals surface area contributed by atoms with E-state index in [9.17, 15) is 0 Å². The molecule has 1 aliphatic heterocycles. The van der Waals surface area contributed by atoms with Crippen molar-refractivity contribution >= 4 is 11.6 Å². The van der Waals surface area contributed by atoms with E-state index in [1.807, 2.05) is 0 Å². The second-order valence-electron chi connectivity index (χ2n) is 4.76. The lowest BCUT2D eigenvalue weighted by Gasteiger charge is -2.35. The van der Waals surface area contributed by atoms with Gasteiger partial charge in [-0.25, -0.2) is 10.8 Å². The summed E-state index contributed by atoms with van der Waals surface area (Å²) in [4.78, 5) is 10.8. The van der Waals surface area contributed by atoms with Crippen molar-refractivity contribution in [2.24, 2.45) is 17.7 Å². The van der Waals surface area contributed by atoms with E-state index in [2.05, 4.69) is 34.1 Å². The van der Waals surface area contributed by atoms with Crippen molar-refractivity contribution in [2.75, 3.05) is 23.4 Å². The number of hydrazine groups is 1. The normalized spacial score (nSPS) is 25.6. The summed E-state index contributed by atoms with van der Waals surface area (Å²) in [6.07, 6.45) is 4.71. The number of hydrogen-bond donors (Lipinski definition) is 2. The van der Waals surface area contributed by atoms with Gasteiger partial charge in [0.15, 0.2) is 5.82 Å². The van der Waals surface area contributed by atoms with Gasteiger partial charge in [-0.15, -0.1) is 0 Å². The molecular formula is C11H19N5. The van der Waals surface area contributed by atoms with Crippen molar-refractivity contribution < 1.29 is 0 Å². The molecule has 1 aromatic rings. The lowest BCUT2D eigenvalue weighted by atomic mass is 9.92. The van der Waals surface area contributed by atoms with E-state index in [1.165, 1.54) is 6.42 Å². The van der Waals surface area contributed by atoms with Crippen LogP contribution in [0, 0.1) is 11.8 Å². The highest BCUT2D eigenvalue weighted by Crippen LogP contribution is 2.24. The molecule has 0 bridgehead atoms. The third-order valence-corrected chi connectivity index (χ3v) is 2.96. The Labute approximate surface area is 96.0 Å². The fourth-order valence-electron chi connectivity index (χ4n) is 2.43. The van der Waals surface area contributed by atoms with E-state index in [4.69, 9.17) is 5.84 Å². The topological polar surface area (TPSA) is 67.1 Å². The lowest BCUT2D eigenvalue weighted by Crippen LogP contribution is -2.39. The Kier molecular flexibility index (Phi) is 3.24. The second kappa shape index (κ2) is 4.65. The van der Waals surface area contributed by atoms with E-state index >= 15 is 0 Å². The van der Waals surface area contributed by atoms with Crippen molar-refractivity contribution in [2.45, 2.75) is 20.3 Å². The molecule has 5 heteroatoms. The van der Waals surface area contributed by atoms with Crippen LogP contribution in [-0.2, 0) is 0 Å². The Bertz CT molecular complexity index is 344. The van der Waals surface area contributed by atoms with E-state index in [1.54, 1.807) is 12.4 Å². The van der Waals surface area contributed by atoms with Gasteiger partial charge in [0, 0.05) is 13.1 Å². The first-order valence-electron chi connectivity index (χ1n) is 5.72. The SMILES string of the molecule is CC1CC(C)CN(c2cncc(NN)n2)C1. The molecule has 3 N–H and O–H groups in total. The Balaban J connectivity index is 2.16. The third kappa shape index (κ3) is 2.41. The molecule has 5 nitrogen and oxygen atoms in total. The van der Waals surface area contributed by atoms with Crippen LogP contribution < -0.4 is 16.2 Å². The predicted molar refractivity (Wildman–Crippen MR) is 65.0 cm³/mol. The first-order chi connectivity index (χ1) is 7.69. The molecule has 0 radical (unpaired) electrons. The summed E-state index contributed by atoms with van der Waals surface area (Å²) in [5.41, 5.74) is 2.53. The van der Waals surface area contributed by atoms with Gasteiger partial charge in [-0.1, -0.05) is 13.8 Å². The van der Waals surface area contributed by atoms with E-state index in [0.29, 0.717) is 17.7 Å². The van der Waals surface area contributed by atoms with Crippen molar-refractivity contribution in [3.63, 3.8) is 0 Å². The summed E-state index contributed by atoms with van der Waals surface area (Å²) in [5.74, 6) is 8.27. The van der Waals surface area contributed by atoms with Crippen LogP contribution in [0.5, 0.6) is 0 Å². The number of nitrogens with two attached hydrogens (primary N) is 1. The summed E-state index contributed by atoms with van der Waals surface area (Å²) in [6.45, 7) is 6.66. The number of piperidine rings is 1. The molecule has 1 aliphatic rings. The molecule has 0 saturated carbocycles. The summed E-state index contributed by atoms with van der Waals surface area (Å²) in [5, 5.41) is 0. The second-order valence-corrected chi connectivity index (χ2v) is 4.76. The van der Waals surface area contributed by atoms with Gasteiger partial charge in [-0.2, -0.15) is 0 Å². The minimum absolute atomic E-state index is 0.614. The minimum Gasteiger partial charge on any atom is -0.355 e. The molecule has 2 rings (SSSR count). The highest BCUT2D eigenvalue weighted by Gasteiger charge is 2.22. The predicted octanol–water partition coefficient (Wildman–Crippen LogP) is 1.24. The molecule has 2 atom stereocenters. The Morgan fingerprint density at radius 1 is 1.31 bits per heavy atom. The summed E-state index contributed by atoms with van der Waals surface area (Å²) < 4.78 is 0. The van der Waals surface area contributed by atoms with Crippen molar-refractivity contribution in [3.05, 3.63) is 12.4 Å². The zero-order valence-corrected chi connectivity index (χ0v) is 9.85. The van der Waals surface area contributed by atoms with Gasteiger partial charge in [0.25, 0.3) is 0 Å². The Hall–Kier alpha value is -1.36. The molecule has 1 saturated heterocycles. The molecule has 2 unspecified atom stereocenters. The van der Waals surface area contributed by atoms with Crippen molar-refractivity contribution in [1.82, 2.24) is 9.97 Å². The number of nitrogens with one attached hydrogen (secondary N) is 1. The summed E-state index contributed by atoms with van der Waals surface area (Å²) in [6, 6.07) is 0. The third-order valence-electron chi connectivity index (χ3n) is 2.96. The maximum absolute atomic E-state index is 5.33. The number of nitrogen functional groups attached to an aromatic ring is 1. The van der Waals surface area contributed by atoms with Crippen LogP contribution >= 0.6 is 0 Å². The van der Waals surface area contributed by atoms with Crippen LogP contribution in [-0.4, -0.2) is 23.1 Å². The van der Waals surface area contributed by atoms with Gasteiger partial charge in [0.05, 0.1) is 12.4 Å². The van der Waals surface area contributed by atoms with Gasteiger partial charge in [0.2, 0.25) is 0 Å². The molecule has 0 aromatic carbocycles.